The molecule has 0 spiro atoms. The fourth-order valence-corrected chi connectivity index (χ4v) is 4.37. The van der Waals surface area contributed by atoms with Crippen LogP contribution in [0.15, 0.2) is 72.4 Å². The number of hydrazone groups is 1. The predicted octanol–water partition coefficient (Wildman–Crippen LogP) is 9.55. The van der Waals surface area contributed by atoms with Gasteiger partial charge >= 0.3 is 5.97 Å². The molecule has 0 aliphatic heterocycles. The number of esters is 1. The van der Waals surface area contributed by atoms with Crippen LogP contribution in [0.5, 0.6) is 11.5 Å². The maximum Gasteiger partial charge on any atom is 0.306 e. The Hall–Kier alpha value is -3.64. The van der Waals surface area contributed by atoms with E-state index in [2.05, 4.69) is 20.7 Å². The maximum absolute atomic E-state index is 12.4. The van der Waals surface area contributed by atoms with Gasteiger partial charge in [-0.15, -0.1) is 17.5 Å². The Morgan fingerprint density at radius 3 is 2.04 bits per heavy atom. The topological polar surface area (TPSA) is 120 Å². The molecule has 0 atom stereocenters. The van der Waals surface area contributed by atoms with E-state index in [-0.39, 0.29) is 77.3 Å². The van der Waals surface area contributed by atoms with E-state index in [1.807, 2.05) is 57.2 Å². The molecule has 0 aliphatic rings. The van der Waals surface area contributed by atoms with Crippen molar-refractivity contribution in [3.63, 3.8) is 0 Å². The van der Waals surface area contributed by atoms with E-state index in [9.17, 15) is 9.59 Å². The van der Waals surface area contributed by atoms with Crippen molar-refractivity contribution in [2.75, 3.05) is 13.6 Å². The van der Waals surface area contributed by atoms with Gasteiger partial charge in [-0.2, -0.15) is 5.10 Å². The van der Waals surface area contributed by atoms with E-state index in [1.165, 1.54) is 22.0 Å². The molecule has 1 radical (unpaired) electrons. The minimum atomic E-state index is -2.64. The summed E-state index contributed by atoms with van der Waals surface area (Å²) in [5.74, 6) is 0.923. The van der Waals surface area contributed by atoms with Crippen molar-refractivity contribution < 1.29 is 40.6 Å². The van der Waals surface area contributed by atoms with Crippen molar-refractivity contribution in [2.24, 2.45) is 5.10 Å². The Kier molecular flexibility index (Phi) is 31.9. The smallest absolute Gasteiger partial charge is 0.306 e. The molecule has 0 saturated carbocycles. The molecule has 0 unspecified atom stereocenters. The number of carbonyl (C=O) groups is 2. The van der Waals surface area contributed by atoms with Gasteiger partial charge < -0.3 is 19.5 Å². The zero-order valence-corrected chi connectivity index (χ0v) is 35.4. The number of amides is 1. The number of hydrogen-bond donors (Lipinski definition) is 1. The minimum Gasteiger partial charge on any atom is -0.462 e. The van der Waals surface area contributed by atoms with Crippen LogP contribution < -0.4 is 14.8 Å². The molecule has 2 aromatic carbocycles. The van der Waals surface area contributed by atoms with E-state index in [0.717, 1.165) is 23.2 Å². The number of aryl methyl sites for hydroxylation is 1. The zero-order valence-electron chi connectivity index (χ0n) is 27.4. The first-order valence-corrected chi connectivity index (χ1v) is 19.2. The molecule has 1 amide bonds. The molecule has 1 N–H and O–H groups in total. The average Bonchev–Trinajstić information content (AvgIpc) is 3.43. The molecule has 0 aliphatic carbocycles. The summed E-state index contributed by atoms with van der Waals surface area (Å²) in [7, 11) is 1.63. The first-order valence-electron chi connectivity index (χ1n) is 14.6. The summed E-state index contributed by atoms with van der Waals surface area (Å²) in [5.41, 5.74) is 2.20. The number of halogens is 3. The fraction of sp³-hybridized carbons (Fsp3) is 0.457. The van der Waals surface area contributed by atoms with Gasteiger partial charge in [0, 0.05) is 43.0 Å². The molecule has 11 nitrogen and oxygen atoms in total. The van der Waals surface area contributed by atoms with E-state index >= 15 is 0 Å². The van der Waals surface area contributed by atoms with E-state index < -0.39 is 10.5 Å². The molecule has 3 aromatic rings. The van der Waals surface area contributed by atoms with Crippen LogP contribution in [0.2, 0.25) is 0 Å². The van der Waals surface area contributed by atoms with Crippen LogP contribution in [-0.4, -0.2) is 57.1 Å². The van der Waals surface area contributed by atoms with Crippen LogP contribution in [0, 0.1) is 0 Å². The molecule has 1 aromatic heterocycles. The van der Waals surface area contributed by atoms with Gasteiger partial charge in [0.2, 0.25) is 10.8 Å². The Bertz CT molecular complexity index is 1540. The summed E-state index contributed by atoms with van der Waals surface area (Å²) >= 11 is 16.8. The average molecular weight is 1120 g/mol. The van der Waals surface area contributed by atoms with Crippen molar-refractivity contribution in [2.45, 2.75) is 94.7 Å². The Labute approximate surface area is 342 Å². The van der Waals surface area contributed by atoms with Gasteiger partial charge in [0.05, 0.1) is 11.9 Å². The summed E-state index contributed by atoms with van der Waals surface area (Å²) in [6.07, 6.45) is 9.47. The number of rotatable bonds is 17. The fourth-order valence-electron chi connectivity index (χ4n) is 3.84. The molecule has 1 heterocycles. The second-order valence-corrected chi connectivity index (χ2v) is 18.9. The van der Waals surface area contributed by atoms with E-state index in [1.54, 1.807) is 31.6 Å². The number of benzene rings is 2. The van der Waals surface area contributed by atoms with Gasteiger partial charge in [-0.05, 0) is 128 Å². The molecule has 0 fully saturated rings. The SMILES string of the molecule is C.C.C.C.CN(/N=C/c1ccc(OC=COc2ccc(CCNC(=O)Cn3cc(CCCCC(=O)OC(C)(C)C)nn3)cc2)cc1)P(=S)(Cl)Cl.Cl.[Cm].[Co]. The Balaban J connectivity index is -0.00000110. The van der Waals surface area contributed by atoms with Crippen LogP contribution in [0.1, 0.15) is 86.6 Å². The molecule has 305 valence electrons. The summed E-state index contributed by atoms with van der Waals surface area (Å²) in [4.78, 5) is 21.5. The van der Waals surface area contributed by atoms with Crippen molar-refractivity contribution >= 4 is 69.7 Å². The number of carbonyl (C=O) groups excluding carboxylic acids is 2. The number of ether oxygens (including phenoxy) is 3. The van der Waals surface area contributed by atoms with Crippen molar-refractivity contribution in [3.8, 4) is 11.5 Å². The molecule has 0 saturated heterocycles. The summed E-state index contributed by atoms with van der Waals surface area (Å²) in [5, 5.41) is 15.2. The van der Waals surface area contributed by atoms with Gasteiger partial charge in [-0.1, -0.05) is 47.1 Å². The molecule has 0 bridgehead atoms. The number of nitrogens with zero attached hydrogens (tertiary/aromatic N) is 5. The number of hydrogen-bond acceptors (Lipinski definition) is 9. The van der Waals surface area contributed by atoms with Crippen molar-refractivity contribution in [1.82, 2.24) is 25.1 Å². The quantitative estimate of drug-likeness (QED) is 0.0352. The molecular weight excluding hydrogens is 1060 g/mol. The van der Waals surface area contributed by atoms with Gasteiger partial charge in [0.25, 0.3) is 0 Å². The second-order valence-electron chi connectivity index (χ2n) is 11.2. The van der Waals surface area contributed by atoms with Crippen molar-refractivity contribution in [1.29, 1.82) is 0 Å². The number of unbranched alkanes of at least 4 members (excludes halogenated alkanes) is 1. The zero-order chi connectivity index (χ0) is 33.6. The monoisotopic (exact) mass is 1110 g/mol. The van der Waals surface area contributed by atoms with Gasteiger partial charge in [0.1, 0.15) is 36.2 Å². The molecule has 3 rings (SSSR count). The van der Waals surface area contributed by atoms with Gasteiger partial charge in [-0.3, -0.25) is 9.59 Å². The van der Waals surface area contributed by atoms with Gasteiger partial charge in [-0.25, -0.2) is 9.46 Å². The summed E-state index contributed by atoms with van der Waals surface area (Å²) < 4.78 is 19.4. The van der Waals surface area contributed by atoms with Crippen LogP contribution in [-0.2, 0) is 62.3 Å². The Morgan fingerprint density at radius 2 is 1.51 bits per heavy atom. The van der Waals surface area contributed by atoms with Crippen molar-refractivity contribution in [3.05, 3.63) is 84.1 Å². The third-order valence-corrected chi connectivity index (χ3v) is 8.89. The molecular formula is C35H56Cl3CmCoN6O5PS. The van der Waals surface area contributed by atoms with Crippen LogP contribution in [0.25, 0.3) is 0 Å². The van der Waals surface area contributed by atoms with Gasteiger partial charge in [0.15, 0.2) is 0 Å². The summed E-state index contributed by atoms with van der Waals surface area (Å²) in [6, 6.07) is 14.8. The number of nitrogens with one attached hydrogen (secondary N) is 1. The predicted molar refractivity (Wildman–Crippen MR) is 219 cm³/mol. The first kappa shape index (κ1) is 58.7. The standard InChI is InChI=1S/C31H39Cl2N6O5PS.4CH4.ClH.Cm.Co/c1-31(2,3)44-30(41)8-6-5-7-26-22-39(37-36-26)23-29(40)34-18-17-24-9-13-27(14-10-24)42-19-20-43-28-15-11-25(12-16-28)21-35-38(4)45(32,33)46;;;;;;;/h9-16,19-22H,5-8,17-18,23H2,1-4H3,(H,34,40);4*1H4;1H;;/b20-19?,35-21+;;;;;;;. The summed E-state index contributed by atoms with van der Waals surface area (Å²) in [6.45, 7) is 6.13. The Morgan fingerprint density at radius 1 is 0.962 bits per heavy atom. The molecule has 53 heavy (non-hydrogen) atoms. The van der Waals surface area contributed by atoms with Crippen LogP contribution >= 0.6 is 39.8 Å². The third-order valence-electron chi connectivity index (χ3n) is 6.09. The van der Waals surface area contributed by atoms with Crippen LogP contribution in [0.4, 0.5) is 0 Å². The normalized spacial score (nSPS) is 10.4. The van der Waals surface area contributed by atoms with E-state index in [0.29, 0.717) is 43.7 Å². The second kappa shape index (κ2) is 28.8. The first-order chi connectivity index (χ1) is 21.8. The molecule has 18 heteroatoms. The third kappa shape index (κ3) is 24.3. The van der Waals surface area contributed by atoms with Crippen LogP contribution in [0.3, 0.4) is 0 Å². The number of aromatic nitrogens is 3. The van der Waals surface area contributed by atoms with E-state index in [4.69, 9.17) is 48.5 Å². The minimum absolute atomic E-state index is 0. The largest absolute Gasteiger partial charge is 0.462 e. The maximum atomic E-state index is 12.4.